The van der Waals surface area contributed by atoms with Gasteiger partial charge in [-0.2, -0.15) is 0 Å². The zero-order valence-electron chi connectivity index (χ0n) is 19.1. The van der Waals surface area contributed by atoms with Gasteiger partial charge in [0.2, 0.25) is 0 Å². The second kappa shape index (κ2) is 11.0. The van der Waals surface area contributed by atoms with Crippen molar-refractivity contribution in [1.82, 2.24) is 10.3 Å². The molecule has 6 nitrogen and oxygen atoms in total. The Balaban J connectivity index is 1.16. The molecule has 4 rings (SSSR count). The van der Waals surface area contributed by atoms with Crippen molar-refractivity contribution in [3.63, 3.8) is 0 Å². The molecule has 34 heavy (non-hydrogen) atoms. The average Bonchev–Trinajstić information content (AvgIpc) is 2.80. The number of nitrogens with zero attached hydrogens (tertiary/aromatic N) is 1. The number of aromatic nitrogens is 1. The van der Waals surface area contributed by atoms with Crippen molar-refractivity contribution in [1.29, 1.82) is 0 Å². The molecule has 2 aliphatic carbocycles. The van der Waals surface area contributed by atoms with Gasteiger partial charge in [-0.15, -0.1) is 0 Å². The maximum atomic E-state index is 13.8. The van der Waals surface area contributed by atoms with Crippen molar-refractivity contribution in [2.24, 2.45) is 5.92 Å². The Morgan fingerprint density at radius 2 is 1.94 bits per heavy atom. The van der Waals surface area contributed by atoms with Gasteiger partial charge in [-0.05, 0) is 81.0 Å². The first-order chi connectivity index (χ1) is 16.4. The van der Waals surface area contributed by atoms with E-state index in [1.165, 1.54) is 30.2 Å². The number of amides is 1. The molecule has 0 spiro atoms. The van der Waals surface area contributed by atoms with Crippen molar-refractivity contribution < 1.29 is 28.2 Å². The van der Waals surface area contributed by atoms with Crippen LogP contribution in [0.5, 0.6) is 0 Å². The van der Waals surface area contributed by atoms with E-state index in [9.17, 15) is 23.5 Å². The van der Waals surface area contributed by atoms with E-state index in [2.05, 4.69) is 17.4 Å². The number of carboxylic acids is 1. The molecule has 1 unspecified atom stereocenters. The predicted molar refractivity (Wildman–Crippen MR) is 122 cm³/mol. The molecule has 1 aromatic heterocycles. The summed E-state index contributed by atoms with van der Waals surface area (Å²) in [4.78, 5) is 28.5. The number of rotatable bonds is 10. The maximum Gasteiger partial charge on any atom is 0.326 e. The summed E-state index contributed by atoms with van der Waals surface area (Å²) in [6, 6.07) is 6.32. The van der Waals surface area contributed by atoms with Gasteiger partial charge in [0.25, 0.3) is 5.91 Å². The fourth-order valence-corrected chi connectivity index (χ4v) is 4.69. The monoisotopic (exact) mass is 472 g/mol. The number of carboxylic acid groups (broad SMARTS) is 1. The first-order valence-electron chi connectivity index (χ1n) is 12.0. The highest BCUT2D eigenvalue weighted by atomic mass is 19.2. The SMILES string of the molecule is O=C(NC(CCOC1CC(CCc2ccc3c(n2)CCCC3)C1)C(=O)O)c1cccc(F)c1F. The van der Waals surface area contributed by atoms with Crippen LogP contribution in [0.3, 0.4) is 0 Å². The second-order valence-electron chi connectivity index (χ2n) is 9.24. The molecule has 2 aliphatic rings. The summed E-state index contributed by atoms with van der Waals surface area (Å²) in [7, 11) is 0. The molecule has 2 N–H and O–H groups in total. The second-order valence-corrected chi connectivity index (χ2v) is 9.24. The maximum absolute atomic E-state index is 13.8. The third-order valence-electron chi connectivity index (χ3n) is 6.80. The lowest BCUT2D eigenvalue weighted by molar-refractivity contribution is -0.140. The molecule has 2 aromatic rings. The van der Waals surface area contributed by atoms with Crippen molar-refractivity contribution in [2.75, 3.05) is 6.61 Å². The molecule has 0 aliphatic heterocycles. The Kier molecular flexibility index (Phi) is 7.88. The standard InChI is InChI=1S/C26H30F2N2O4/c27-21-6-3-5-20(24(21)28)25(31)30-23(26(32)33)12-13-34-19-14-16(15-19)8-10-18-11-9-17-4-1-2-7-22(17)29-18/h3,5-6,9,11,16,19,23H,1-2,4,7-8,10,12-15H2,(H,30,31)(H,32,33). The summed E-state index contributed by atoms with van der Waals surface area (Å²) in [6.45, 7) is 0.159. The van der Waals surface area contributed by atoms with Gasteiger partial charge in [-0.3, -0.25) is 9.78 Å². The normalized spacial score (nSPS) is 20.2. The smallest absolute Gasteiger partial charge is 0.326 e. The third-order valence-corrected chi connectivity index (χ3v) is 6.80. The van der Waals surface area contributed by atoms with Crippen LogP contribution in [0.2, 0.25) is 0 Å². The minimum atomic E-state index is -1.30. The van der Waals surface area contributed by atoms with Gasteiger partial charge in [0.05, 0.1) is 11.7 Å². The molecule has 0 bridgehead atoms. The first kappa shape index (κ1) is 24.3. The van der Waals surface area contributed by atoms with Gasteiger partial charge >= 0.3 is 5.97 Å². The molecule has 1 heterocycles. The molecular formula is C26H30F2N2O4. The fraction of sp³-hybridized carbons (Fsp3) is 0.500. The Bertz CT molecular complexity index is 1040. The molecule has 0 radical (unpaired) electrons. The van der Waals surface area contributed by atoms with Gasteiger partial charge in [-0.25, -0.2) is 13.6 Å². The highest BCUT2D eigenvalue weighted by Gasteiger charge is 2.30. The largest absolute Gasteiger partial charge is 0.480 e. The Hall–Kier alpha value is -2.87. The number of aliphatic carboxylic acids is 1. The van der Waals surface area contributed by atoms with E-state index in [0.717, 1.165) is 56.4 Å². The van der Waals surface area contributed by atoms with Crippen molar-refractivity contribution in [2.45, 2.75) is 69.9 Å². The summed E-state index contributed by atoms with van der Waals surface area (Å²) in [5.74, 6) is -4.12. The predicted octanol–water partition coefficient (Wildman–Crippen LogP) is 4.24. The quantitative estimate of drug-likeness (QED) is 0.540. The molecule has 1 fully saturated rings. The minimum Gasteiger partial charge on any atom is -0.480 e. The van der Waals surface area contributed by atoms with Crippen LogP contribution in [0.1, 0.15) is 65.8 Å². The Morgan fingerprint density at radius 3 is 2.74 bits per heavy atom. The topological polar surface area (TPSA) is 88.5 Å². The van der Waals surface area contributed by atoms with Crippen LogP contribution in [0.4, 0.5) is 8.78 Å². The molecule has 1 atom stereocenters. The lowest BCUT2D eigenvalue weighted by Gasteiger charge is -2.35. The van der Waals surface area contributed by atoms with Crippen molar-refractivity contribution >= 4 is 11.9 Å². The lowest BCUT2D eigenvalue weighted by atomic mass is 9.79. The highest BCUT2D eigenvalue weighted by Crippen LogP contribution is 2.34. The number of hydrogen-bond acceptors (Lipinski definition) is 4. The van der Waals surface area contributed by atoms with Crippen LogP contribution in [0.25, 0.3) is 0 Å². The van der Waals surface area contributed by atoms with Crippen molar-refractivity contribution in [3.8, 4) is 0 Å². The molecule has 0 saturated heterocycles. The van der Waals surface area contributed by atoms with Gasteiger partial charge in [0.15, 0.2) is 11.6 Å². The summed E-state index contributed by atoms with van der Waals surface area (Å²) in [5, 5.41) is 11.6. The summed E-state index contributed by atoms with van der Waals surface area (Å²) in [5.41, 5.74) is 3.28. The van der Waals surface area contributed by atoms with E-state index in [4.69, 9.17) is 9.72 Å². The third kappa shape index (κ3) is 5.97. The number of carbonyl (C=O) groups is 2. The average molecular weight is 473 g/mol. The van der Waals surface area contributed by atoms with Crippen LogP contribution < -0.4 is 5.32 Å². The van der Waals surface area contributed by atoms with Crippen LogP contribution in [0.15, 0.2) is 30.3 Å². The number of ether oxygens (including phenoxy) is 1. The number of carbonyl (C=O) groups excluding carboxylic acids is 1. The van der Waals surface area contributed by atoms with Crippen LogP contribution in [-0.2, 0) is 28.8 Å². The van der Waals surface area contributed by atoms with Gasteiger partial charge in [0.1, 0.15) is 6.04 Å². The number of fused-ring (bicyclic) bond motifs is 1. The van der Waals surface area contributed by atoms with E-state index >= 15 is 0 Å². The van der Waals surface area contributed by atoms with Crippen LogP contribution >= 0.6 is 0 Å². The van der Waals surface area contributed by atoms with E-state index in [0.29, 0.717) is 5.92 Å². The van der Waals surface area contributed by atoms with E-state index in [-0.39, 0.29) is 19.1 Å². The van der Waals surface area contributed by atoms with Crippen LogP contribution in [-0.4, -0.2) is 40.7 Å². The van der Waals surface area contributed by atoms with Gasteiger partial charge < -0.3 is 15.2 Å². The summed E-state index contributed by atoms with van der Waals surface area (Å²) < 4.78 is 32.9. The summed E-state index contributed by atoms with van der Waals surface area (Å²) >= 11 is 0. The molecular weight excluding hydrogens is 442 g/mol. The van der Waals surface area contributed by atoms with Gasteiger partial charge in [0, 0.05) is 24.4 Å². The molecule has 182 valence electrons. The van der Waals surface area contributed by atoms with E-state index < -0.39 is 35.1 Å². The lowest BCUT2D eigenvalue weighted by Crippen LogP contribution is -2.42. The molecule has 1 aromatic carbocycles. The number of benzene rings is 1. The Labute approximate surface area is 197 Å². The fourth-order valence-electron chi connectivity index (χ4n) is 4.69. The zero-order valence-corrected chi connectivity index (χ0v) is 19.1. The molecule has 1 amide bonds. The van der Waals surface area contributed by atoms with E-state index in [1.54, 1.807) is 0 Å². The molecule has 1 saturated carbocycles. The summed E-state index contributed by atoms with van der Waals surface area (Å²) in [6.07, 6.45) is 8.66. The first-order valence-corrected chi connectivity index (χ1v) is 12.0. The number of hydrogen-bond donors (Lipinski definition) is 2. The number of pyridine rings is 1. The Morgan fingerprint density at radius 1 is 1.15 bits per heavy atom. The highest BCUT2D eigenvalue weighted by molar-refractivity contribution is 5.96. The van der Waals surface area contributed by atoms with E-state index in [1.807, 2.05) is 0 Å². The van der Waals surface area contributed by atoms with Crippen LogP contribution in [0, 0.1) is 17.6 Å². The van der Waals surface area contributed by atoms with Crippen molar-refractivity contribution in [3.05, 3.63) is 64.5 Å². The minimum absolute atomic E-state index is 0.0399. The van der Waals surface area contributed by atoms with Gasteiger partial charge in [-0.1, -0.05) is 12.1 Å². The number of nitrogens with one attached hydrogen (secondary N) is 1. The molecule has 8 heteroatoms. The zero-order chi connectivity index (χ0) is 24.1. The number of aryl methyl sites for hydroxylation is 3. The number of halogens is 2.